The maximum Gasteiger partial charge on any atom is 0.278 e. The molecule has 6 rings (SSSR count). The number of carbonyl (C=O) groups excluding carboxylic acids is 1. The van der Waals surface area contributed by atoms with Gasteiger partial charge in [0.05, 0.1) is 11.8 Å². The first-order valence-electron chi connectivity index (χ1n) is 12.1. The van der Waals surface area contributed by atoms with Gasteiger partial charge in [-0.3, -0.25) is 14.2 Å². The van der Waals surface area contributed by atoms with Crippen LogP contribution >= 0.6 is 0 Å². The summed E-state index contributed by atoms with van der Waals surface area (Å²) in [5.41, 5.74) is 5.37. The average Bonchev–Trinajstić information content (AvgIpc) is 3.52. The second-order valence-corrected chi connectivity index (χ2v) is 9.60. The Morgan fingerprint density at radius 2 is 2.00 bits per heavy atom. The lowest BCUT2D eigenvalue weighted by Crippen LogP contribution is -2.25. The number of rotatable bonds is 6. The summed E-state index contributed by atoms with van der Waals surface area (Å²) in [6.45, 7) is 6.07. The van der Waals surface area contributed by atoms with E-state index in [-0.39, 0.29) is 24.6 Å². The van der Waals surface area contributed by atoms with Crippen molar-refractivity contribution >= 4 is 33.5 Å². The van der Waals surface area contributed by atoms with E-state index in [0.717, 1.165) is 46.1 Å². The molecule has 0 unspecified atom stereocenters. The van der Waals surface area contributed by atoms with Crippen molar-refractivity contribution in [1.29, 1.82) is 0 Å². The summed E-state index contributed by atoms with van der Waals surface area (Å²) in [5, 5.41) is 7.88. The Balaban J connectivity index is 1.41. The smallest absolute Gasteiger partial charge is 0.278 e. The predicted octanol–water partition coefficient (Wildman–Crippen LogP) is 4.22. The number of aromatic nitrogens is 5. The number of hydrogen-bond donors (Lipinski definition) is 1. The Morgan fingerprint density at radius 3 is 2.81 bits per heavy atom. The molecule has 1 amide bonds. The van der Waals surface area contributed by atoms with Crippen molar-refractivity contribution in [3.63, 3.8) is 0 Å². The Kier molecular flexibility index (Phi) is 5.21. The molecule has 0 atom stereocenters. The third-order valence-electron chi connectivity index (χ3n) is 6.89. The minimum Gasteiger partial charge on any atom is -0.337 e. The van der Waals surface area contributed by atoms with E-state index >= 15 is 0 Å². The van der Waals surface area contributed by atoms with Crippen LogP contribution in [0.3, 0.4) is 0 Å². The first-order chi connectivity index (χ1) is 17.4. The van der Waals surface area contributed by atoms with Crippen LogP contribution in [0, 0.1) is 20.8 Å². The number of aryl methyl sites for hydroxylation is 2. The molecule has 1 saturated carbocycles. The van der Waals surface area contributed by atoms with Gasteiger partial charge in [-0.2, -0.15) is 4.98 Å². The topological polar surface area (TPSA) is 108 Å². The van der Waals surface area contributed by atoms with Crippen LogP contribution in [0.15, 0.2) is 52.0 Å². The quantitative estimate of drug-likeness (QED) is 0.388. The van der Waals surface area contributed by atoms with Crippen LogP contribution in [0.4, 0.5) is 5.69 Å². The normalized spacial score (nSPS) is 13.5. The summed E-state index contributed by atoms with van der Waals surface area (Å²) in [4.78, 5) is 35.9. The van der Waals surface area contributed by atoms with Crippen molar-refractivity contribution < 1.29 is 9.32 Å². The largest absolute Gasteiger partial charge is 0.337 e. The van der Waals surface area contributed by atoms with Gasteiger partial charge < -0.3 is 14.4 Å². The van der Waals surface area contributed by atoms with Crippen LogP contribution < -0.4 is 10.9 Å². The van der Waals surface area contributed by atoms with Crippen LogP contribution in [0.25, 0.3) is 21.9 Å². The highest BCUT2D eigenvalue weighted by atomic mass is 16.5. The van der Waals surface area contributed by atoms with E-state index in [4.69, 9.17) is 4.52 Å². The molecule has 3 heterocycles. The molecular formula is C27H26N6O3. The molecule has 0 aliphatic heterocycles. The summed E-state index contributed by atoms with van der Waals surface area (Å²) in [6.07, 6.45) is 3.64. The monoisotopic (exact) mass is 482 g/mol. The first-order valence-corrected chi connectivity index (χ1v) is 12.1. The molecule has 5 aromatic rings. The van der Waals surface area contributed by atoms with E-state index in [0.29, 0.717) is 28.7 Å². The van der Waals surface area contributed by atoms with E-state index in [2.05, 4.69) is 20.4 Å². The first kappa shape index (κ1) is 22.2. The maximum atomic E-state index is 13.7. The Bertz CT molecular complexity index is 1710. The lowest BCUT2D eigenvalue weighted by Gasteiger charge is -2.12. The van der Waals surface area contributed by atoms with Gasteiger partial charge in [0.1, 0.15) is 24.1 Å². The molecule has 2 aromatic carbocycles. The fourth-order valence-electron chi connectivity index (χ4n) is 4.60. The Hall–Kier alpha value is -4.27. The zero-order valence-electron chi connectivity index (χ0n) is 20.4. The van der Waals surface area contributed by atoms with Gasteiger partial charge in [0.25, 0.3) is 5.56 Å². The van der Waals surface area contributed by atoms with Crippen LogP contribution in [0.5, 0.6) is 0 Å². The van der Waals surface area contributed by atoms with Gasteiger partial charge in [-0.15, -0.1) is 0 Å². The third-order valence-corrected chi connectivity index (χ3v) is 6.89. The number of hydrogen-bond acceptors (Lipinski definition) is 6. The minimum absolute atomic E-state index is 0.0240. The Morgan fingerprint density at radius 1 is 1.17 bits per heavy atom. The number of nitrogens with zero attached hydrogens (tertiary/aromatic N) is 5. The van der Waals surface area contributed by atoms with Gasteiger partial charge in [-0.05, 0) is 62.9 Å². The molecule has 9 nitrogen and oxygen atoms in total. The second kappa shape index (κ2) is 8.44. The summed E-state index contributed by atoms with van der Waals surface area (Å²) in [6, 6.07) is 11.7. The number of fused-ring (bicyclic) bond motifs is 3. The van der Waals surface area contributed by atoms with Crippen LogP contribution in [-0.2, 0) is 17.9 Å². The number of amides is 1. The van der Waals surface area contributed by atoms with Crippen molar-refractivity contribution in [2.75, 3.05) is 5.32 Å². The summed E-state index contributed by atoms with van der Waals surface area (Å²) >= 11 is 0. The van der Waals surface area contributed by atoms with E-state index in [9.17, 15) is 9.59 Å². The highest BCUT2D eigenvalue weighted by Crippen LogP contribution is 2.38. The molecule has 9 heteroatoms. The molecule has 1 aliphatic rings. The molecule has 0 saturated heterocycles. The van der Waals surface area contributed by atoms with Crippen molar-refractivity contribution in [2.24, 2.45) is 0 Å². The van der Waals surface area contributed by atoms with E-state index in [1.165, 1.54) is 10.9 Å². The van der Waals surface area contributed by atoms with Gasteiger partial charge in [0.15, 0.2) is 5.82 Å². The minimum atomic E-state index is -0.264. The van der Waals surface area contributed by atoms with E-state index in [1.54, 1.807) is 4.57 Å². The zero-order valence-corrected chi connectivity index (χ0v) is 20.4. The summed E-state index contributed by atoms with van der Waals surface area (Å²) in [7, 11) is 0. The van der Waals surface area contributed by atoms with Crippen molar-refractivity contribution in [3.05, 3.63) is 81.5 Å². The highest BCUT2D eigenvalue weighted by Gasteiger charge is 2.29. The number of anilines is 1. The highest BCUT2D eigenvalue weighted by molar-refractivity contribution is 6.06. The zero-order chi connectivity index (χ0) is 25.0. The lowest BCUT2D eigenvalue weighted by molar-refractivity contribution is -0.116. The average molecular weight is 483 g/mol. The summed E-state index contributed by atoms with van der Waals surface area (Å²) in [5.74, 6) is 1.20. The predicted molar refractivity (Wildman–Crippen MR) is 136 cm³/mol. The maximum absolute atomic E-state index is 13.7. The summed E-state index contributed by atoms with van der Waals surface area (Å²) < 4.78 is 8.58. The van der Waals surface area contributed by atoms with Gasteiger partial charge in [-0.25, -0.2) is 4.98 Å². The fourth-order valence-corrected chi connectivity index (χ4v) is 4.60. The molecule has 3 aromatic heterocycles. The molecule has 1 N–H and O–H groups in total. The Labute approximate surface area is 206 Å². The van der Waals surface area contributed by atoms with Gasteiger partial charge in [0, 0.05) is 17.0 Å². The van der Waals surface area contributed by atoms with Gasteiger partial charge in [-0.1, -0.05) is 28.9 Å². The van der Waals surface area contributed by atoms with Crippen molar-refractivity contribution in [2.45, 2.75) is 52.6 Å². The number of benzene rings is 2. The molecule has 0 spiro atoms. The molecule has 0 radical (unpaired) electrons. The molecule has 1 aliphatic carbocycles. The number of carbonyl (C=O) groups is 1. The molecule has 0 bridgehead atoms. The van der Waals surface area contributed by atoms with E-state index in [1.807, 2.05) is 57.2 Å². The van der Waals surface area contributed by atoms with Gasteiger partial charge in [0.2, 0.25) is 11.8 Å². The van der Waals surface area contributed by atoms with Crippen LogP contribution in [-0.4, -0.2) is 30.2 Å². The molecule has 182 valence electrons. The standard InChI is InChI=1S/C27H26N6O3/c1-15-7-10-21-19(11-15)24-25(33(21)12-22(34)29-20-6-4-5-16(2)17(20)3)27(35)32(14-28-24)13-23-30-26(31-36-23)18-8-9-18/h4-7,10-11,14,18H,8-9,12-13H2,1-3H3,(H,29,34). The van der Waals surface area contributed by atoms with Crippen molar-refractivity contribution in [3.8, 4) is 0 Å². The van der Waals surface area contributed by atoms with Gasteiger partial charge >= 0.3 is 0 Å². The SMILES string of the molecule is Cc1ccc2c(c1)c1ncn(Cc3nc(C4CC4)no3)c(=O)c1n2CC(=O)Nc1cccc(C)c1C. The molecule has 36 heavy (non-hydrogen) atoms. The third kappa shape index (κ3) is 3.86. The van der Waals surface area contributed by atoms with Crippen molar-refractivity contribution in [1.82, 2.24) is 24.3 Å². The fraction of sp³-hybridized carbons (Fsp3) is 0.296. The van der Waals surface area contributed by atoms with Crippen LogP contribution in [0.1, 0.15) is 47.2 Å². The lowest BCUT2D eigenvalue weighted by atomic mass is 10.1. The molecule has 1 fully saturated rings. The number of nitrogens with one attached hydrogen (secondary N) is 1. The second-order valence-electron chi connectivity index (χ2n) is 9.60. The van der Waals surface area contributed by atoms with Crippen LogP contribution in [0.2, 0.25) is 0 Å². The van der Waals surface area contributed by atoms with E-state index < -0.39 is 0 Å². The molecular weight excluding hydrogens is 456 g/mol.